The number of carbonyl (C=O) groups excluding carboxylic acids is 2. The van der Waals surface area contributed by atoms with Crippen LogP contribution in [0.25, 0.3) is 6.08 Å². The van der Waals surface area contributed by atoms with Crippen molar-refractivity contribution < 1.29 is 32.3 Å². The van der Waals surface area contributed by atoms with Crippen LogP contribution in [0.1, 0.15) is 33.5 Å². The summed E-state index contributed by atoms with van der Waals surface area (Å²) in [6.45, 7) is -1.18. The van der Waals surface area contributed by atoms with Gasteiger partial charge in [-0.1, -0.05) is 11.8 Å². The van der Waals surface area contributed by atoms with Gasteiger partial charge in [-0.2, -0.15) is 14.0 Å². The van der Waals surface area contributed by atoms with Crippen molar-refractivity contribution in [1.82, 2.24) is 0 Å². The van der Waals surface area contributed by atoms with Crippen LogP contribution in [0.3, 0.4) is 0 Å². The number of nitrogens with two attached hydrogens (primary N) is 1. The van der Waals surface area contributed by atoms with E-state index in [1.54, 1.807) is 19.1 Å². The van der Waals surface area contributed by atoms with Crippen LogP contribution < -0.4 is 15.4 Å². The fraction of sp³-hybridized carbons (Fsp3) is 0.167. The van der Waals surface area contributed by atoms with Crippen molar-refractivity contribution in [3.05, 3.63) is 70.1 Å². The van der Waals surface area contributed by atoms with Crippen LogP contribution in [0.2, 0.25) is 0 Å². The van der Waals surface area contributed by atoms with Gasteiger partial charge in [0, 0.05) is 17.4 Å². The standard InChI is InChI=1S/C24H18F2N4O5S2/c1-2-33-22(32)19-17(16(11-27)20(28)37-19)12-36-24-29-18(10-15-4-3-9-34-15)21(31)30(24)13-5-7-14(8-6-13)35-23(25)26/h3-10,23H,2,12,28H2,1H3/b18-10+. The van der Waals surface area contributed by atoms with E-state index in [1.807, 2.05) is 6.07 Å². The molecule has 0 spiro atoms. The van der Waals surface area contributed by atoms with E-state index in [0.29, 0.717) is 17.0 Å². The van der Waals surface area contributed by atoms with Crippen molar-refractivity contribution in [2.45, 2.75) is 19.3 Å². The molecule has 2 N–H and O–H groups in total. The van der Waals surface area contributed by atoms with Crippen LogP contribution >= 0.6 is 23.1 Å². The summed E-state index contributed by atoms with van der Waals surface area (Å²) >= 11 is 2.04. The number of furan rings is 1. The molecule has 1 aliphatic heterocycles. The zero-order chi connectivity index (χ0) is 26.5. The number of nitrogen functional groups attached to an aromatic ring is 1. The highest BCUT2D eigenvalue weighted by Crippen LogP contribution is 2.37. The number of aliphatic imine (C=N–C) groups is 1. The van der Waals surface area contributed by atoms with Crippen LogP contribution in [0, 0.1) is 11.3 Å². The van der Waals surface area contributed by atoms with Crippen LogP contribution in [-0.4, -0.2) is 30.3 Å². The van der Waals surface area contributed by atoms with Gasteiger partial charge < -0.3 is 19.6 Å². The van der Waals surface area contributed by atoms with Crippen LogP contribution in [0.5, 0.6) is 5.75 Å². The molecule has 1 aromatic carbocycles. The van der Waals surface area contributed by atoms with Crippen molar-refractivity contribution in [3.63, 3.8) is 0 Å². The number of nitriles is 1. The molecule has 0 saturated carbocycles. The Bertz CT molecular complexity index is 1410. The first-order chi connectivity index (χ1) is 17.8. The monoisotopic (exact) mass is 544 g/mol. The van der Waals surface area contributed by atoms with Gasteiger partial charge in [0.05, 0.1) is 24.1 Å². The molecule has 0 aliphatic carbocycles. The maximum atomic E-state index is 13.3. The van der Waals surface area contributed by atoms with E-state index >= 15 is 0 Å². The molecule has 0 saturated heterocycles. The van der Waals surface area contributed by atoms with E-state index in [2.05, 4.69) is 9.73 Å². The van der Waals surface area contributed by atoms with E-state index in [4.69, 9.17) is 14.9 Å². The molecule has 0 unspecified atom stereocenters. The van der Waals surface area contributed by atoms with E-state index in [-0.39, 0.29) is 44.4 Å². The Morgan fingerprint density at radius 2 is 2.11 bits per heavy atom. The Morgan fingerprint density at radius 3 is 2.73 bits per heavy atom. The molecule has 3 aromatic rings. The predicted molar refractivity (Wildman–Crippen MR) is 135 cm³/mol. The molecule has 1 amide bonds. The maximum absolute atomic E-state index is 13.3. The van der Waals surface area contributed by atoms with Crippen LogP contribution in [0.15, 0.2) is 57.8 Å². The van der Waals surface area contributed by atoms with Gasteiger partial charge in [-0.15, -0.1) is 11.3 Å². The van der Waals surface area contributed by atoms with Crippen molar-refractivity contribution in [2.24, 2.45) is 4.99 Å². The lowest BCUT2D eigenvalue weighted by molar-refractivity contribution is -0.113. The Kier molecular flexibility index (Phi) is 7.90. The van der Waals surface area contributed by atoms with Crippen molar-refractivity contribution >= 4 is 56.9 Å². The molecule has 0 fully saturated rings. The third kappa shape index (κ3) is 5.65. The number of anilines is 2. The number of amides is 1. The summed E-state index contributed by atoms with van der Waals surface area (Å²) in [6, 6.07) is 10.8. The van der Waals surface area contributed by atoms with E-state index in [0.717, 1.165) is 23.1 Å². The smallest absolute Gasteiger partial charge is 0.387 e. The molecule has 1 aliphatic rings. The summed E-state index contributed by atoms with van der Waals surface area (Å²) in [7, 11) is 0. The molecule has 3 heterocycles. The number of alkyl halides is 2. The zero-order valence-corrected chi connectivity index (χ0v) is 20.8. The van der Waals surface area contributed by atoms with Gasteiger partial charge in [0.25, 0.3) is 5.91 Å². The Balaban J connectivity index is 1.68. The zero-order valence-electron chi connectivity index (χ0n) is 19.1. The Morgan fingerprint density at radius 1 is 1.35 bits per heavy atom. The first-order valence-electron chi connectivity index (χ1n) is 10.7. The lowest BCUT2D eigenvalue weighted by Gasteiger charge is -2.18. The highest BCUT2D eigenvalue weighted by Gasteiger charge is 2.33. The number of carbonyl (C=O) groups is 2. The quantitative estimate of drug-likeness (QED) is 0.301. The third-order valence-corrected chi connectivity index (χ3v) is 6.93. The maximum Gasteiger partial charge on any atom is 0.387 e. The van der Waals surface area contributed by atoms with Gasteiger partial charge in [-0.3, -0.25) is 9.69 Å². The normalized spacial score (nSPS) is 14.2. The second-order valence-electron chi connectivity index (χ2n) is 7.22. The number of esters is 1. The molecular formula is C24H18F2N4O5S2. The van der Waals surface area contributed by atoms with Crippen molar-refractivity contribution in [2.75, 3.05) is 17.2 Å². The minimum Gasteiger partial charge on any atom is -0.465 e. The molecular weight excluding hydrogens is 526 g/mol. The highest BCUT2D eigenvalue weighted by molar-refractivity contribution is 8.13. The molecule has 0 bridgehead atoms. The summed E-state index contributed by atoms with van der Waals surface area (Å²) in [5.41, 5.74) is 6.89. The Hall–Kier alpha value is -4.15. The van der Waals surface area contributed by atoms with E-state index in [9.17, 15) is 23.6 Å². The van der Waals surface area contributed by atoms with E-state index in [1.165, 1.54) is 41.5 Å². The molecule has 4 rings (SSSR count). The van der Waals surface area contributed by atoms with Crippen molar-refractivity contribution in [1.29, 1.82) is 5.26 Å². The van der Waals surface area contributed by atoms with Crippen LogP contribution in [-0.2, 0) is 15.3 Å². The third-order valence-electron chi connectivity index (χ3n) is 4.92. The fourth-order valence-corrected chi connectivity index (χ4v) is 5.41. The summed E-state index contributed by atoms with van der Waals surface area (Å²) in [5, 5.41) is 10.0. The molecule has 190 valence electrons. The molecule has 0 atom stereocenters. The number of halogens is 2. The summed E-state index contributed by atoms with van der Waals surface area (Å²) in [5.74, 6) is -0.688. The number of thioether (sulfide) groups is 1. The highest BCUT2D eigenvalue weighted by atomic mass is 32.2. The second kappa shape index (κ2) is 11.3. The van der Waals surface area contributed by atoms with Crippen LogP contribution in [0.4, 0.5) is 19.5 Å². The predicted octanol–water partition coefficient (Wildman–Crippen LogP) is 5.25. The molecule has 37 heavy (non-hydrogen) atoms. The van der Waals surface area contributed by atoms with Gasteiger partial charge in [0.15, 0.2) is 5.17 Å². The number of rotatable bonds is 8. The number of hydrogen-bond donors (Lipinski definition) is 1. The summed E-state index contributed by atoms with van der Waals surface area (Å²) < 4.78 is 39.9. The molecule has 13 heteroatoms. The molecule has 9 nitrogen and oxygen atoms in total. The minimum atomic E-state index is -2.99. The number of nitrogens with zero attached hydrogens (tertiary/aromatic N) is 3. The largest absolute Gasteiger partial charge is 0.465 e. The minimum absolute atomic E-state index is 0.0707. The average Bonchev–Trinajstić information content (AvgIpc) is 3.57. The van der Waals surface area contributed by atoms with Gasteiger partial charge >= 0.3 is 12.6 Å². The van der Waals surface area contributed by atoms with Gasteiger partial charge in [0.1, 0.15) is 33.2 Å². The number of hydrogen-bond acceptors (Lipinski definition) is 10. The van der Waals surface area contributed by atoms with Gasteiger partial charge in [-0.05, 0) is 43.3 Å². The first-order valence-corrected chi connectivity index (χ1v) is 12.5. The second-order valence-corrected chi connectivity index (χ2v) is 9.22. The molecule has 2 aromatic heterocycles. The summed E-state index contributed by atoms with van der Waals surface area (Å²) in [6.07, 6.45) is 2.91. The lowest BCUT2D eigenvalue weighted by Crippen LogP contribution is -2.30. The topological polar surface area (TPSA) is 131 Å². The SMILES string of the molecule is CCOC(=O)c1sc(N)c(C#N)c1CSC1=N/C(=C/c2ccco2)C(=O)N1c1ccc(OC(F)F)cc1. The molecule has 0 radical (unpaired) electrons. The lowest BCUT2D eigenvalue weighted by atomic mass is 10.2. The number of ether oxygens (including phenoxy) is 2. The summed E-state index contributed by atoms with van der Waals surface area (Å²) in [4.78, 5) is 31.7. The fourth-order valence-electron chi connectivity index (χ4n) is 3.35. The van der Waals surface area contributed by atoms with Gasteiger partial charge in [0.2, 0.25) is 0 Å². The first kappa shape index (κ1) is 25.9. The number of thiophene rings is 1. The number of amidine groups is 1. The number of benzene rings is 1. The van der Waals surface area contributed by atoms with Crippen molar-refractivity contribution in [3.8, 4) is 11.8 Å². The Labute approximate surface area is 217 Å². The van der Waals surface area contributed by atoms with Gasteiger partial charge in [-0.25, -0.2) is 9.79 Å². The van der Waals surface area contributed by atoms with E-state index < -0.39 is 18.5 Å². The average molecular weight is 545 g/mol.